The van der Waals surface area contributed by atoms with Gasteiger partial charge in [0, 0.05) is 26.1 Å². The van der Waals surface area contributed by atoms with Crippen LogP contribution in [0.1, 0.15) is 38.5 Å². The molecule has 2 aliphatic rings. The Kier molecular flexibility index (Phi) is 12.0. The minimum Gasteiger partial charge on any atom is -0.481 e. The van der Waals surface area contributed by atoms with E-state index in [0.717, 1.165) is 38.8 Å². The maximum Gasteiger partial charge on any atom is 0.317 e. The number of aliphatic carboxylic acids is 1. The SMILES string of the molecule is C#CCNC(=O)[C@H](CNC(=O)[C@@H]1CCCN(C(=O)CCC2CCNCC2)C1)C(=O)O.Cl. The first-order valence-corrected chi connectivity index (χ1v) is 10.6. The summed E-state index contributed by atoms with van der Waals surface area (Å²) in [6.07, 6.45) is 9.97. The summed E-state index contributed by atoms with van der Waals surface area (Å²) in [4.78, 5) is 50.0. The lowest BCUT2D eigenvalue weighted by Crippen LogP contribution is -2.48. The predicted octanol–water partition coefficient (Wildman–Crippen LogP) is -0.00700. The molecule has 2 saturated heterocycles. The second-order valence-electron chi connectivity index (χ2n) is 7.97. The standard InChI is InChI=1S/C21H32N4O5.ClH/c1-2-9-23-20(28)17(21(29)30)13-24-19(27)16-4-3-12-25(14-16)18(26)6-5-15-7-10-22-11-8-15;/h1,15-17,22H,3-14H2,(H,23,28)(H,24,27)(H,29,30);1H/t16-,17+;/m1./s1. The van der Waals surface area contributed by atoms with Crippen LogP contribution in [-0.2, 0) is 19.2 Å². The van der Waals surface area contributed by atoms with Crippen LogP contribution < -0.4 is 16.0 Å². The normalized spacial score (nSPS) is 20.0. The third-order valence-corrected chi connectivity index (χ3v) is 5.83. The van der Waals surface area contributed by atoms with Crippen molar-refractivity contribution in [2.24, 2.45) is 17.8 Å². The third-order valence-electron chi connectivity index (χ3n) is 5.83. The van der Waals surface area contributed by atoms with Crippen LogP contribution in [0.5, 0.6) is 0 Å². The fourth-order valence-electron chi connectivity index (χ4n) is 3.97. The molecule has 0 bridgehead atoms. The summed E-state index contributed by atoms with van der Waals surface area (Å²) in [5.74, 6) is -1.35. The van der Waals surface area contributed by atoms with Gasteiger partial charge in [-0.25, -0.2) is 0 Å². The van der Waals surface area contributed by atoms with Gasteiger partial charge in [0.15, 0.2) is 5.92 Å². The number of carbonyl (C=O) groups excluding carboxylic acids is 3. The topological polar surface area (TPSA) is 128 Å². The fraction of sp³-hybridized carbons (Fsp3) is 0.714. The maximum absolute atomic E-state index is 12.6. The van der Waals surface area contributed by atoms with Crippen molar-refractivity contribution in [1.29, 1.82) is 0 Å². The van der Waals surface area contributed by atoms with Gasteiger partial charge in [-0.3, -0.25) is 19.2 Å². The van der Waals surface area contributed by atoms with Gasteiger partial charge in [-0.15, -0.1) is 18.8 Å². The number of hydrogen-bond donors (Lipinski definition) is 4. The van der Waals surface area contributed by atoms with E-state index >= 15 is 0 Å². The maximum atomic E-state index is 12.6. The van der Waals surface area contributed by atoms with E-state index in [1.165, 1.54) is 0 Å². The number of halogens is 1. The predicted molar refractivity (Wildman–Crippen MR) is 117 cm³/mol. The Balaban J connectivity index is 0.00000480. The van der Waals surface area contributed by atoms with Gasteiger partial charge in [-0.1, -0.05) is 5.92 Å². The molecule has 31 heavy (non-hydrogen) atoms. The molecular weight excluding hydrogens is 424 g/mol. The van der Waals surface area contributed by atoms with Crippen LogP contribution in [0.15, 0.2) is 0 Å². The molecule has 2 atom stereocenters. The molecule has 174 valence electrons. The number of piperidine rings is 2. The number of rotatable bonds is 9. The minimum atomic E-state index is -1.41. The highest BCUT2D eigenvalue weighted by Gasteiger charge is 2.31. The summed E-state index contributed by atoms with van der Waals surface area (Å²) in [5.41, 5.74) is 0. The van der Waals surface area contributed by atoms with E-state index in [2.05, 4.69) is 21.9 Å². The van der Waals surface area contributed by atoms with E-state index in [1.54, 1.807) is 4.90 Å². The first-order valence-electron chi connectivity index (χ1n) is 10.6. The van der Waals surface area contributed by atoms with E-state index in [0.29, 0.717) is 31.8 Å². The second kappa shape index (κ2) is 13.9. The number of carboxylic acids is 1. The number of carboxylic acid groups (broad SMARTS) is 1. The molecule has 0 aromatic rings. The Bertz CT molecular complexity index is 675. The molecule has 0 saturated carbocycles. The summed E-state index contributed by atoms with van der Waals surface area (Å²) < 4.78 is 0. The number of hydrogen-bond acceptors (Lipinski definition) is 5. The van der Waals surface area contributed by atoms with E-state index in [-0.39, 0.29) is 37.3 Å². The molecular formula is C21H33ClN4O5. The molecule has 2 heterocycles. The van der Waals surface area contributed by atoms with E-state index in [9.17, 15) is 24.3 Å². The van der Waals surface area contributed by atoms with Crippen molar-refractivity contribution in [3.63, 3.8) is 0 Å². The van der Waals surface area contributed by atoms with E-state index in [4.69, 9.17) is 6.42 Å². The Labute approximate surface area is 189 Å². The lowest BCUT2D eigenvalue weighted by molar-refractivity contribution is -0.146. The van der Waals surface area contributed by atoms with Crippen LogP contribution in [0.2, 0.25) is 0 Å². The molecule has 0 spiro atoms. The zero-order chi connectivity index (χ0) is 21.9. The summed E-state index contributed by atoms with van der Waals surface area (Å²) in [6.45, 7) is 2.59. The average Bonchev–Trinajstić information content (AvgIpc) is 2.76. The quantitative estimate of drug-likeness (QED) is 0.285. The molecule has 10 heteroatoms. The zero-order valence-corrected chi connectivity index (χ0v) is 18.5. The highest BCUT2D eigenvalue weighted by atomic mass is 35.5. The molecule has 4 N–H and O–H groups in total. The molecule has 0 aromatic heterocycles. The smallest absolute Gasteiger partial charge is 0.317 e. The van der Waals surface area contributed by atoms with Crippen molar-refractivity contribution < 1.29 is 24.3 Å². The monoisotopic (exact) mass is 456 g/mol. The number of amides is 3. The molecule has 0 aromatic carbocycles. The first kappa shape index (κ1) is 26.7. The average molecular weight is 457 g/mol. The van der Waals surface area contributed by atoms with Crippen molar-refractivity contribution in [2.75, 3.05) is 39.3 Å². The molecule has 0 unspecified atom stereocenters. The molecule has 2 aliphatic heterocycles. The molecule has 2 rings (SSSR count). The van der Waals surface area contributed by atoms with Gasteiger partial charge in [0.2, 0.25) is 17.7 Å². The molecule has 2 fully saturated rings. The Morgan fingerprint density at radius 2 is 1.87 bits per heavy atom. The number of nitrogens with one attached hydrogen (secondary N) is 3. The highest BCUT2D eigenvalue weighted by Crippen LogP contribution is 2.21. The van der Waals surface area contributed by atoms with Gasteiger partial charge < -0.3 is 26.0 Å². The van der Waals surface area contributed by atoms with Crippen molar-refractivity contribution in [3.05, 3.63) is 0 Å². The Morgan fingerprint density at radius 3 is 2.52 bits per heavy atom. The van der Waals surface area contributed by atoms with Crippen LogP contribution in [0.4, 0.5) is 0 Å². The lowest BCUT2D eigenvalue weighted by atomic mass is 9.92. The largest absolute Gasteiger partial charge is 0.481 e. The Hall–Kier alpha value is -2.31. The van der Waals surface area contributed by atoms with Crippen LogP contribution >= 0.6 is 12.4 Å². The highest BCUT2D eigenvalue weighted by molar-refractivity contribution is 5.97. The summed E-state index contributed by atoms with van der Waals surface area (Å²) in [7, 11) is 0. The first-order chi connectivity index (χ1) is 14.4. The second-order valence-corrected chi connectivity index (χ2v) is 7.97. The Morgan fingerprint density at radius 1 is 1.16 bits per heavy atom. The fourth-order valence-corrected chi connectivity index (χ4v) is 3.97. The third kappa shape index (κ3) is 8.75. The summed E-state index contributed by atoms with van der Waals surface area (Å²) >= 11 is 0. The summed E-state index contributed by atoms with van der Waals surface area (Å²) in [5, 5.41) is 17.4. The zero-order valence-electron chi connectivity index (χ0n) is 17.7. The number of likely N-dealkylation sites (tertiary alicyclic amines) is 1. The van der Waals surface area contributed by atoms with Crippen LogP contribution in [0.25, 0.3) is 0 Å². The molecule has 3 amide bonds. The molecule has 9 nitrogen and oxygen atoms in total. The van der Waals surface area contributed by atoms with E-state index in [1.807, 2.05) is 0 Å². The number of nitrogens with zero attached hydrogens (tertiary/aromatic N) is 1. The van der Waals surface area contributed by atoms with Crippen LogP contribution in [-0.4, -0.2) is 73.0 Å². The van der Waals surface area contributed by atoms with E-state index < -0.39 is 23.7 Å². The minimum absolute atomic E-state index is 0. The van der Waals surface area contributed by atoms with Gasteiger partial charge >= 0.3 is 5.97 Å². The van der Waals surface area contributed by atoms with Crippen molar-refractivity contribution in [1.82, 2.24) is 20.9 Å². The van der Waals surface area contributed by atoms with Crippen molar-refractivity contribution in [2.45, 2.75) is 38.5 Å². The lowest BCUT2D eigenvalue weighted by Gasteiger charge is -2.33. The molecule has 0 aliphatic carbocycles. The number of carbonyl (C=O) groups is 4. The van der Waals surface area contributed by atoms with Crippen molar-refractivity contribution >= 4 is 36.1 Å². The van der Waals surface area contributed by atoms with Gasteiger partial charge in [-0.2, -0.15) is 0 Å². The number of terminal acetylenes is 1. The van der Waals surface area contributed by atoms with Gasteiger partial charge in [-0.05, 0) is 51.1 Å². The molecule has 0 radical (unpaired) electrons. The van der Waals surface area contributed by atoms with Crippen LogP contribution in [0, 0.1) is 30.1 Å². The van der Waals surface area contributed by atoms with Crippen LogP contribution in [0.3, 0.4) is 0 Å². The summed E-state index contributed by atoms with van der Waals surface area (Å²) in [6, 6.07) is 0. The van der Waals surface area contributed by atoms with Crippen molar-refractivity contribution in [3.8, 4) is 12.3 Å². The van der Waals surface area contributed by atoms with Gasteiger partial charge in [0.1, 0.15) is 0 Å². The van der Waals surface area contributed by atoms with Gasteiger partial charge in [0.05, 0.1) is 12.5 Å². The van der Waals surface area contributed by atoms with Gasteiger partial charge in [0.25, 0.3) is 0 Å².